The number of hydrogen-bond acceptors (Lipinski definition) is 5. The Morgan fingerprint density at radius 1 is 1.12 bits per heavy atom. The summed E-state index contributed by atoms with van der Waals surface area (Å²) in [6.07, 6.45) is 1.68. The molecular formula is C18H20N2O3S. The van der Waals surface area contributed by atoms with Crippen LogP contribution in [0.5, 0.6) is 0 Å². The molecule has 24 heavy (non-hydrogen) atoms. The third-order valence-corrected chi connectivity index (χ3v) is 4.90. The van der Waals surface area contributed by atoms with Gasteiger partial charge in [-0.2, -0.15) is 0 Å². The van der Waals surface area contributed by atoms with Gasteiger partial charge < -0.3 is 15.4 Å². The maximum atomic E-state index is 12.1. The lowest BCUT2D eigenvalue weighted by molar-refractivity contribution is 0.0229. The van der Waals surface area contributed by atoms with E-state index in [1.807, 2.05) is 13.0 Å². The van der Waals surface area contributed by atoms with Gasteiger partial charge in [0.15, 0.2) is 0 Å². The van der Waals surface area contributed by atoms with Crippen molar-refractivity contribution in [3.63, 3.8) is 0 Å². The van der Waals surface area contributed by atoms with E-state index in [4.69, 9.17) is 4.74 Å². The SMILES string of the molecule is Cc1ccc(C(=O)Nc2ccc(C(=O)OC3CCNCC3)cc2)s1. The molecule has 1 saturated heterocycles. The van der Waals surface area contributed by atoms with E-state index in [0.717, 1.165) is 30.8 Å². The van der Waals surface area contributed by atoms with Crippen molar-refractivity contribution in [2.24, 2.45) is 0 Å². The zero-order valence-corrected chi connectivity index (χ0v) is 14.3. The highest BCUT2D eigenvalue weighted by molar-refractivity contribution is 7.14. The molecule has 1 aromatic heterocycles. The van der Waals surface area contributed by atoms with Gasteiger partial charge in [0.05, 0.1) is 10.4 Å². The van der Waals surface area contributed by atoms with Gasteiger partial charge in [0.2, 0.25) is 0 Å². The molecule has 0 bridgehead atoms. The summed E-state index contributed by atoms with van der Waals surface area (Å²) in [5.74, 6) is -0.452. The maximum absolute atomic E-state index is 12.1. The molecule has 1 fully saturated rings. The molecule has 0 atom stereocenters. The van der Waals surface area contributed by atoms with Gasteiger partial charge >= 0.3 is 5.97 Å². The predicted molar refractivity (Wildman–Crippen MR) is 94.8 cm³/mol. The number of amides is 1. The first-order valence-corrected chi connectivity index (χ1v) is 8.83. The van der Waals surface area contributed by atoms with Crippen LogP contribution in [0.4, 0.5) is 5.69 Å². The summed E-state index contributed by atoms with van der Waals surface area (Å²) >= 11 is 1.45. The fraction of sp³-hybridized carbons (Fsp3) is 0.333. The lowest BCUT2D eigenvalue weighted by Crippen LogP contribution is -2.33. The summed E-state index contributed by atoms with van der Waals surface area (Å²) in [5.41, 5.74) is 1.16. The van der Waals surface area contributed by atoms with Crippen molar-refractivity contribution >= 4 is 28.9 Å². The van der Waals surface area contributed by atoms with Gasteiger partial charge in [0.1, 0.15) is 6.10 Å². The van der Waals surface area contributed by atoms with Crippen molar-refractivity contribution in [3.8, 4) is 0 Å². The lowest BCUT2D eigenvalue weighted by Gasteiger charge is -2.22. The van der Waals surface area contributed by atoms with Crippen LogP contribution in [0.1, 0.15) is 37.7 Å². The van der Waals surface area contributed by atoms with Crippen molar-refractivity contribution < 1.29 is 14.3 Å². The van der Waals surface area contributed by atoms with Gasteiger partial charge in [-0.05, 0) is 69.3 Å². The van der Waals surface area contributed by atoms with Crippen LogP contribution >= 0.6 is 11.3 Å². The third-order valence-electron chi connectivity index (χ3n) is 3.90. The molecule has 1 aromatic carbocycles. The number of thiophene rings is 1. The largest absolute Gasteiger partial charge is 0.459 e. The molecule has 1 amide bonds. The molecule has 2 heterocycles. The summed E-state index contributed by atoms with van der Waals surface area (Å²) in [4.78, 5) is 26.0. The first-order chi connectivity index (χ1) is 11.6. The van der Waals surface area contributed by atoms with Gasteiger partial charge in [-0.1, -0.05) is 0 Å². The van der Waals surface area contributed by atoms with Gasteiger partial charge in [-0.3, -0.25) is 4.79 Å². The van der Waals surface area contributed by atoms with E-state index in [2.05, 4.69) is 10.6 Å². The number of anilines is 1. The number of carbonyl (C=O) groups is 2. The number of rotatable bonds is 4. The summed E-state index contributed by atoms with van der Waals surface area (Å²) in [6, 6.07) is 10.5. The topological polar surface area (TPSA) is 67.4 Å². The second-order valence-electron chi connectivity index (χ2n) is 5.80. The van der Waals surface area contributed by atoms with E-state index >= 15 is 0 Å². The molecule has 0 spiro atoms. The molecule has 3 rings (SSSR count). The first kappa shape index (κ1) is 16.7. The Labute approximate surface area is 145 Å². The number of carbonyl (C=O) groups excluding carboxylic acids is 2. The highest BCUT2D eigenvalue weighted by Gasteiger charge is 2.18. The Kier molecular flexibility index (Phi) is 5.27. The number of hydrogen-bond donors (Lipinski definition) is 2. The van der Waals surface area contributed by atoms with Crippen molar-refractivity contribution in [2.75, 3.05) is 18.4 Å². The van der Waals surface area contributed by atoms with Crippen LogP contribution in [-0.4, -0.2) is 31.1 Å². The summed E-state index contributed by atoms with van der Waals surface area (Å²) in [5, 5.41) is 6.07. The normalized spacial score (nSPS) is 15.0. The summed E-state index contributed by atoms with van der Waals surface area (Å²) in [7, 11) is 0. The molecule has 1 aliphatic heterocycles. The molecule has 0 saturated carbocycles. The van der Waals surface area contributed by atoms with Gasteiger partial charge in [0.25, 0.3) is 5.91 Å². The monoisotopic (exact) mass is 344 g/mol. The Morgan fingerprint density at radius 2 is 1.83 bits per heavy atom. The minimum Gasteiger partial charge on any atom is -0.459 e. The second-order valence-corrected chi connectivity index (χ2v) is 7.08. The van der Waals surface area contributed by atoms with Crippen LogP contribution in [0.2, 0.25) is 0 Å². The van der Waals surface area contributed by atoms with Crippen LogP contribution in [0, 0.1) is 6.92 Å². The third kappa shape index (κ3) is 4.21. The zero-order valence-electron chi connectivity index (χ0n) is 13.5. The Balaban J connectivity index is 1.58. The molecule has 1 aliphatic rings. The van der Waals surface area contributed by atoms with Gasteiger partial charge in [-0.15, -0.1) is 11.3 Å². The van der Waals surface area contributed by atoms with E-state index in [1.54, 1.807) is 30.3 Å². The van der Waals surface area contributed by atoms with Crippen molar-refractivity contribution in [1.29, 1.82) is 0 Å². The zero-order chi connectivity index (χ0) is 16.9. The Hall–Kier alpha value is -2.18. The molecule has 2 aromatic rings. The average molecular weight is 344 g/mol. The highest BCUT2D eigenvalue weighted by atomic mass is 32.1. The van der Waals surface area contributed by atoms with Crippen molar-refractivity contribution in [2.45, 2.75) is 25.9 Å². The quantitative estimate of drug-likeness (QED) is 0.836. The van der Waals surface area contributed by atoms with Crippen molar-refractivity contribution in [1.82, 2.24) is 5.32 Å². The summed E-state index contributed by atoms with van der Waals surface area (Å²) < 4.78 is 5.51. The Bertz CT molecular complexity index is 718. The molecule has 2 N–H and O–H groups in total. The van der Waals surface area contributed by atoms with E-state index in [0.29, 0.717) is 16.1 Å². The number of nitrogens with one attached hydrogen (secondary N) is 2. The highest BCUT2D eigenvalue weighted by Crippen LogP contribution is 2.18. The van der Waals surface area contributed by atoms with Crippen LogP contribution in [0.25, 0.3) is 0 Å². The number of aryl methyl sites for hydroxylation is 1. The van der Waals surface area contributed by atoms with E-state index in [1.165, 1.54) is 11.3 Å². The van der Waals surface area contributed by atoms with E-state index in [9.17, 15) is 9.59 Å². The molecule has 126 valence electrons. The van der Waals surface area contributed by atoms with Gasteiger partial charge in [-0.25, -0.2) is 4.79 Å². The van der Waals surface area contributed by atoms with Crippen LogP contribution in [0.3, 0.4) is 0 Å². The average Bonchev–Trinajstić information content (AvgIpc) is 3.03. The molecule has 0 radical (unpaired) electrons. The van der Waals surface area contributed by atoms with Gasteiger partial charge in [0, 0.05) is 10.6 Å². The second kappa shape index (κ2) is 7.59. The predicted octanol–water partition coefficient (Wildman–Crippen LogP) is 3.22. The number of benzene rings is 1. The lowest BCUT2D eigenvalue weighted by atomic mass is 10.1. The first-order valence-electron chi connectivity index (χ1n) is 8.01. The molecule has 0 unspecified atom stereocenters. The van der Waals surface area contributed by atoms with Crippen LogP contribution < -0.4 is 10.6 Å². The minimum atomic E-state index is -0.311. The molecule has 0 aliphatic carbocycles. The smallest absolute Gasteiger partial charge is 0.338 e. The number of piperidine rings is 1. The fourth-order valence-corrected chi connectivity index (χ4v) is 3.33. The van der Waals surface area contributed by atoms with E-state index in [-0.39, 0.29) is 18.0 Å². The Morgan fingerprint density at radius 3 is 2.46 bits per heavy atom. The molecule has 5 nitrogen and oxygen atoms in total. The maximum Gasteiger partial charge on any atom is 0.338 e. The summed E-state index contributed by atoms with van der Waals surface area (Å²) in [6.45, 7) is 3.72. The van der Waals surface area contributed by atoms with Crippen LogP contribution in [0.15, 0.2) is 36.4 Å². The van der Waals surface area contributed by atoms with E-state index < -0.39 is 0 Å². The minimum absolute atomic E-state index is 0.0137. The van der Waals surface area contributed by atoms with Crippen LogP contribution in [-0.2, 0) is 4.74 Å². The standard InChI is InChI=1S/C18H20N2O3S/c1-12-2-7-16(24-12)17(21)20-14-5-3-13(4-6-14)18(22)23-15-8-10-19-11-9-15/h2-7,15,19H,8-11H2,1H3,(H,20,21). The van der Waals surface area contributed by atoms with Crippen molar-refractivity contribution in [3.05, 3.63) is 51.7 Å². The molecule has 6 heteroatoms. The number of ether oxygens (including phenoxy) is 1. The fourth-order valence-electron chi connectivity index (χ4n) is 2.57. The number of esters is 1. The molecular weight excluding hydrogens is 324 g/mol.